The number of fused-ring (bicyclic) bond motifs is 1. The summed E-state index contributed by atoms with van der Waals surface area (Å²) in [4.78, 5) is 22.9. The Hall–Kier alpha value is -2.22. The van der Waals surface area contributed by atoms with Crippen LogP contribution < -0.4 is 5.73 Å². The van der Waals surface area contributed by atoms with Crippen LogP contribution in [-0.2, 0) is 27.5 Å². The lowest BCUT2D eigenvalue weighted by Gasteiger charge is -2.19. The minimum Gasteiger partial charge on any atom is -0.481 e. The molecule has 8 heteroatoms. The summed E-state index contributed by atoms with van der Waals surface area (Å²) < 4.78 is 25.7. The molecule has 1 aliphatic carbocycles. The third kappa shape index (κ3) is 4.27. The van der Waals surface area contributed by atoms with E-state index in [9.17, 15) is 18.0 Å². The van der Waals surface area contributed by atoms with Gasteiger partial charge in [0, 0.05) is 17.0 Å². The highest BCUT2D eigenvalue weighted by molar-refractivity contribution is 7.92. The van der Waals surface area contributed by atoms with Gasteiger partial charge >= 0.3 is 5.97 Å². The van der Waals surface area contributed by atoms with Crippen molar-refractivity contribution in [1.29, 1.82) is 0 Å². The fraction of sp³-hybridized carbons (Fsp3) is 0.300. The van der Waals surface area contributed by atoms with Crippen molar-refractivity contribution in [2.24, 2.45) is 11.7 Å². The van der Waals surface area contributed by atoms with E-state index in [0.29, 0.717) is 23.4 Å². The molecule has 148 valence electrons. The highest BCUT2D eigenvalue weighted by atomic mass is 35.5. The second-order valence-electron chi connectivity index (χ2n) is 6.93. The highest BCUT2D eigenvalue weighted by Gasteiger charge is 2.35. The first-order valence-corrected chi connectivity index (χ1v) is 10.7. The van der Waals surface area contributed by atoms with Crippen molar-refractivity contribution in [2.45, 2.75) is 36.0 Å². The van der Waals surface area contributed by atoms with Gasteiger partial charge < -0.3 is 10.8 Å². The first-order chi connectivity index (χ1) is 13.2. The van der Waals surface area contributed by atoms with Crippen LogP contribution in [-0.4, -0.2) is 30.7 Å². The zero-order valence-corrected chi connectivity index (χ0v) is 16.5. The number of nitrogens with two attached hydrogens (primary N) is 1. The molecule has 28 heavy (non-hydrogen) atoms. The SMILES string of the molecule is NC(C1Cc2ccc(C(=O)CCC(=O)O)cc2C1)S(=O)(=O)c1ccc(Cl)cc1. The molecule has 2 atom stereocenters. The van der Waals surface area contributed by atoms with Crippen molar-refractivity contribution in [2.75, 3.05) is 0 Å². The van der Waals surface area contributed by atoms with Crippen molar-refractivity contribution >= 4 is 33.2 Å². The Morgan fingerprint density at radius 2 is 1.71 bits per heavy atom. The van der Waals surface area contributed by atoms with Gasteiger partial charge in [0.2, 0.25) is 0 Å². The van der Waals surface area contributed by atoms with E-state index in [-0.39, 0.29) is 29.4 Å². The number of hydrogen-bond acceptors (Lipinski definition) is 5. The Kier molecular flexibility index (Phi) is 5.88. The van der Waals surface area contributed by atoms with Gasteiger partial charge in [-0.15, -0.1) is 0 Å². The lowest BCUT2D eigenvalue weighted by molar-refractivity contribution is -0.136. The quantitative estimate of drug-likeness (QED) is 0.664. The summed E-state index contributed by atoms with van der Waals surface area (Å²) in [6.07, 6.45) is 0.668. The van der Waals surface area contributed by atoms with Crippen molar-refractivity contribution in [3.63, 3.8) is 0 Å². The summed E-state index contributed by atoms with van der Waals surface area (Å²) in [5.41, 5.74) is 8.41. The molecular weight excluding hydrogens is 402 g/mol. The molecule has 0 radical (unpaired) electrons. The summed E-state index contributed by atoms with van der Waals surface area (Å²) in [5.74, 6) is -1.57. The Labute approximate surface area is 168 Å². The molecule has 0 heterocycles. The van der Waals surface area contributed by atoms with Gasteiger partial charge in [0.05, 0.1) is 11.3 Å². The Morgan fingerprint density at radius 1 is 1.07 bits per heavy atom. The van der Waals surface area contributed by atoms with Gasteiger partial charge in [-0.3, -0.25) is 9.59 Å². The molecule has 3 N–H and O–H groups in total. The Morgan fingerprint density at radius 3 is 2.36 bits per heavy atom. The number of sulfone groups is 1. The average molecular weight is 422 g/mol. The van der Waals surface area contributed by atoms with E-state index in [1.165, 1.54) is 24.3 Å². The first kappa shape index (κ1) is 20.5. The number of aliphatic carboxylic acids is 1. The molecule has 0 spiro atoms. The molecule has 2 unspecified atom stereocenters. The topological polar surface area (TPSA) is 115 Å². The van der Waals surface area contributed by atoms with Crippen LogP contribution in [0.25, 0.3) is 0 Å². The van der Waals surface area contributed by atoms with Crippen molar-refractivity contribution < 1.29 is 23.1 Å². The van der Waals surface area contributed by atoms with E-state index >= 15 is 0 Å². The van der Waals surface area contributed by atoms with Gasteiger partial charge in [-0.25, -0.2) is 8.42 Å². The summed E-state index contributed by atoms with van der Waals surface area (Å²) in [6, 6.07) is 11.1. The molecule has 6 nitrogen and oxygen atoms in total. The van der Waals surface area contributed by atoms with E-state index in [1.54, 1.807) is 18.2 Å². The molecule has 0 amide bonds. The zero-order valence-electron chi connectivity index (χ0n) is 15.0. The maximum Gasteiger partial charge on any atom is 0.303 e. The van der Waals surface area contributed by atoms with Gasteiger partial charge in [-0.05, 0) is 60.2 Å². The first-order valence-electron chi connectivity index (χ1n) is 8.80. The average Bonchev–Trinajstić information content (AvgIpc) is 3.08. The number of Topliss-reactive ketones (excluding diaryl/α,β-unsaturated/α-hetero) is 1. The molecule has 3 rings (SSSR count). The minimum absolute atomic E-state index is 0.0675. The van der Waals surface area contributed by atoms with Gasteiger partial charge in [0.25, 0.3) is 0 Å². The van der Waals surface area contributed by atoms with Crippen LogP contribution in [0.1, 0.15) is 34.3 Å². The van der Waals surface area contributed by atoms with E-state index in [1.807, 2.05) is 0 Å². The molecule has 0 saturated heterocycles. The maximum atomic E-state index is 12.8. The van der Waals surface area contributed by atoms with Gasteiger partial charge in [0.1, 0.15) is 5.37 Å². The van der Waals surface area contributed by atoms with Crippen LogP contribution in [0.5, 0.6) is 0 Å². The fourth-order valence-corrected chi connectivity index (χ4v) is 5.11. The van der Waals surface area contributed by atoms with E-state index in [2.05, 4.69) is 0 Å². The molecule has 0 saturated carbocycles. The molecule has 0 aromatic heterocycles. The number of carboxylic acid groups (broad SMARTS) is 1. The predicted molar refractivity (Wildman–Crippen MR) is 105 cm³/mol. The van der Waals surface area contributed by atoms with Crippen molar-refractivity contribution in [3.05, 3.63) is 64.2 Å². The number of carbonyl (C=O) groups is 2. The standard InChI is InChI=1S/C20H20ClNO5S/c21-16-3-5-17(6-4-16)28(26,27)20(22)15-9-12-1-2-13(10-14(12)11-15)18(23)7-8-19(24)25/h1-6,10,15,20H,7-9,11,22H2,(H,24,25). The summed E-state index contributed by atoms with van der Waals surface area (Å²) in [7, 11) is -3.71. The highest BCUT2D eigenvalue weighted by Crippen LogP contribution is 2.33. The number of ketones is 1. The lowest BCUT2D eigenvalue weighted by Crippen LogP contribution is -2.38. The van der Waals surface area contributed by atoms with Crippen LogP contribution in [0.2, 0.25) is 5.02 Å². The molecule has 0 bridgehead atoms. The normalized spacial score (nSPS) is 17.1. The Bertz CT molecular complexity index is 1020. The Balaban J connectivity index is 1.76. The number of halogens is 1. The summed E-state index contributed by atoms with van der Waals surface area (Å²) >= 11 is 5.82. The monoisotopic (exact) mass is 421 g/mol. The van der Waals surface area contributed by atoms with Gasteiger partial charge in [0.15, 0.2) is 15.6 Å². The fourth-order valence-electron chi connectivity index (χ4n) is 3.46. The number of hydrogen-bond donors (Lipinski definition) is 2. The van der Waals surface area contributed by atoms with Crippen LogP contribution in [0.3, 0.4) is 0 Å². The number of benzene rings is 2. The molecule has 0 aliphatic heterocycles. The van der Waals surface area contributed by atoms with Crippen LogP contribution in [0.15, 0.2) is 47.4 Å². The second kappa shape index (κ2) is 8.03. The van der Waals surface area contributed by atoms with Gasteiger partial charge in [-0.2, -0.15) is 0 Å². The smallest absolute Gasteiger partial charge is 0.303 e. The number of carboxylic acids is 1. The van der Waals surface area contributed by atoms with Crippen LogP contribution in [0.4, 0.5) is 0 Å². The third-order valence-corrected chi connectivity index (χ3v) is 7.31. The van der Waals surface area contributed by atoms with E-state index in [4.69, 9.17) is 22.4 Å². The summed E-state index contributed by atoms with van der Waals surface area (Å²) in [5, 5.41) is 8.08. The maximum absolute atomic E-state index is 12.8. The molecular formula is C20H20ClNO5S. The van der Waals surface area contributed by atoms with Gasteiger partial charge in [-0.1, -0.05) is 23.7 Å². The largest absolute Gasteiger partial charge is 0.481 e. The van der Waals surface area contributed by atoms with Crippen molar-refractivity contribution in [1.82, 2.24) is 0 Å². The molecule has 2 aromatic carbocycles. The zero-order chi connectivity index (χ0) is 20.5. The molecule has 0 fully saturated rings. The second-order valence-corrected chi connectivity index (χ2v) is 9.47. The van der Waals surface area contributed by atoms with E-state index < -0.39 is 21.2 Å². The van der Waals surface area contributed by atoms with Crippen LogP contribution in [0, 0.1) is 5.92 Å². The molecule has 2 aromatic rings. The third-order valence-electron chi connectivity index (χ3n) is 5.02. The lowest BCUT2D eigenvalue weighted by atomic mass is 10.0. The summed E-state index contributed by atoms with van der Waals surface area (Å²) in [6.45, 7) is 0. The number of rotatable bonds is 7. The minimum atomic E-state index is -3.71. The number of carbonyl (C=O) groups excluding carboxylic acids is 1. The van der Waals surface area contributed by atoms with Crippen LogP contribution >= 0.6 is 11.6 Å². The molecule has 1 aliphatic rings. The predicted octanol–water partition coefficient (Wildman–Crippen LogP) is 2.86. The van der Waals surface area contributed by atoms with E-state index in [0.717, 1.165) is 11.1 Å². The van der Waals surface area contributed by atoms with Crippen molar-refractivity contribution in [3.8, 4) is 0 Å².